The minimum Gasteiger partial charge on any atom is -0.385 e. The Morgan fingerprint density at radius 3 is 2.67 bits per heavy atom. The number of methoxy groups -OCH3 is 1. The highest BCUT2D eigenvalue weighted by atomic mass is 19.1. The fourth-order valence-corrected chi connectivity index (χ4v) is 2.19. The van der Waals surface area contributed by atoms with Gasteiger partial charge in [-0.15, -0.1) is 0 Å². The number of nitrogens with zero attached hydrogens (tertiary/aromatic N) is 3. The summed E-state index contributed by atoms with van der Waals surface area (Å²) >= 11 is 0. The Hall–Kier alpha value is -2.41. The van der Waals surface area contributed by atoms with Crippen LogP contribution in [0.15, 0.2) is 41.5 Å². The van der Waals surface area contributed by atoms with E-state index < -0.39 is 0 Å². The molecule has 0 spiro atoms. The highest BCUT2D eigenvalue weighted by Gasteiger charge is 2.03. The van der Waals surface area contributed by atoms with Crippen LogP contribution in [0.1, 0.15) is 12.1 Å². The van der Waals surface area contributed by atoms with Gasteiger partial charge in [-0.05, 0) is 36.8 Å². The quantitative estimate of drug-likeness (QED) is 0.439. The average Bonchev–Trinajstić information content (AvgIpc) is 3.06. The molecule has 7 heteroatoms. The molecule has 0 bridgehead atoms. The predicted molar refractivity (Wildman–Crippen MR) is 93.1 cm³/mol. The lowest BCUT2D eigenvalue weighted by Crippen LogP contribution is -2.39. The maximum absolute atomic E-state index is 13.0. The molecular weight excluding hydrogens is 309 g/mol. The molecule has 2 aromatic rings. The number of benzene rings is 1. The second kappa shape index (κ2) is 9.67. The lowest BCUT2D eigenvalue weighted by Gasteiger charge is -2.11. The molecule has 1 aromatic heterocycles. The van der Waals surface area contributed by atoms with Crippen LogP contribution in [0.25, 0.3) is 5.69 Å². The van der Waals surface area contributed by atoms with Gasteiger partial charge in [-0.3, -0.25) is 4.99 Å². The van der Waals surface area contributed by atoms with Crippen molar-refractivity contribution < 1.29 is 9.13 Å². The highest BCUT2D eigenvalue weighted by molar-refractivity contribution is 5.79. The zero-order chi connectivity index (χ0) is 17.2. The summed E-state index contributed by atoms with van der Waals surface area (Å²) < 4.78 is 19.7. The molecule has 0 unspecified atom stereocenters. The summed E-state index contributed by atoms with van der Waals surface area (Å²) in [6, 6.07) is 8.22. The zero-order valence-electron chi connectivity index (χ0n) is 14.1. The molecule has 0 saturated carbocycles. The molecule has 0 atom stereocenters. The molecule has 6 nitrogen and oxygen atoms in total. The Balaban J connectivity index is 1.77. The van der Waals surface area contributed by atoms with Crippen molar-refractivity contribution in [1.29, 1.82) is 0 Å². The molecular formula is C17H24FN5O. The first kappa shape index (κ1) is 17.9. The first-order valence-corrected chi connectivity index (χ1v) is 7.97. The Kier molecular flexibility index (Phi) is 7.22. The van der Waals surface area contributed by atoms with Crippen LogP contribution in [-0.2, 0) is 11.2 Å². The second-order valence-corrected chi connectivity index (χ2v) is 5.25. The van der Waals surface area contributed by atoms with E-state index in [0.717, 1.165) is 49.9 Å². The standard InChI is InChI=1S/C17H24FN5O/c1-19-17(20-10-3-13-24-2)21-11-8-15-9-12-23(22-15)16-6-4-14(18)5-7-16/h4-7,9,12H,3,8,10-11,13H2,1-2H3,(H2,19,20,21). The van der Waals surface area contributed by atoms with Crippen LogP contribution in [-0.4, -0.2) is 49.6 Å². The van der Waals surface area contributed by atoms with Crippen molar-refractivity contribution in [2.24, 2.45) is 4.99 Å². The van der Waals surface area contributed by atoms with Crippen LogP contribution in [0.5, 0.6) is 0 Å². The van der Waals surface area contributed by atoms with Gasteiger partial charge in [0.2, 0.25) is 0 Å². The van der Waals surface area contributed by atoms with Crippen LogP contribution in [0, 0.1) is 5.82 Å². The molecule has 1 aromatic carbocycles. The maximum Gasteiger partial charge on any atom is 0.190 e. The fourth-order valence-electron chi connectivity index (χ4n) is 2.19. The van der Waals surface area contributed by atoms with E-state index >= 15 is 0 Å². The summed E-state index contributed by atoms with van der Waals surface area (Å²) in [5.74, 6) is 0.517. The van der Waals surface area contributed by atoms with Crippen LogP contribution < -0.4 is 10.6 Å². The SMILES string of the molecule is CN=C(NCCCOC)NCCc1ccn(-c2ccc(F)cc2)n1. The van der Waals surface area contributed by atoms with Crippen LogP contribution in [0.4, 0.5) is 4.39 Å². The van der Waals surface area contributed by atoms with E-state index in [2.05, 4.69) is 20.7 Å². The van der Waals surface area contributed by atoms with Gasteiger partial charge in [-0.2, -0.15) is 5.10 Å². The van der Waals surface area contributed by atoms with E-state index in [1.165, 1.54) is 12.1 Å². The van der Waals surface area contributed by atoms with E-state index in [1.54, 1.807) is 31.0 Å². The number of rotatable bonds is 8. The van der Waals surface area contributed by atoms with Gasteiger partial charge in [0, 0.05) is 46.5 Å². The Morgan fingerprint density at radius 1 is 1.21 bits per heavy atom. The topological polar surface area (TPSA) is 63.5 Å². The maximum atomic E-state index is 13.0. The lowest BCUT2D eigenvalue weighted by molar-refractivity contribution is 0.195. The molecule has 0 saturated heterocycles. The Morgan fingerprint density at radius 2 is 1.96 bits per heavy atom. The van der Waals surface area contributed by atoms with Gasteiger partial charge in [0.1, 0.15) is 5.82 Å². The lowest BCUT2D eigenvalue weighted by atomic mass is 10.3. The first-order chi connectivity index (χ1) is 11.7. The third-order valence-electron chi connectivity index (χ3n) is 3.45. The Labute approximate surface area is 141 Å². The largest absolute Gasteiger partial charge is 0.385 e. The molecule has 2 N–H and O–H groups in total. The summed E-state index contributed by atoms with van der Waals surface area (Å²) in [4.78, 5) is 4.17. The second-order valence-electron chi connectivity index (χ2n) is 5.25. The molecule has 24 heavy (non-hydrogen) atoms. The predicted octanol–water partition coefficient (Wildman–Crippen LogP) is 1.76. The molecule has 2 rings (SSSR count). The third-order valence-corrected chi connectivity index (χ3v) is 3.45. The minimum atomic E-state index is -0.250. The van der Waals surface area contributed by atoms with Crippen molar-refractivity contribution in [2.75, 3.05) is 33.9 Å². The number of aliphatic imine (C=N–C) groups is 1. The molecule has 0 aliphatic carbocycles. The van der Waals surface area contributed by atoms with E-state index in [1.807, 2.05) is 12.3 Å². The van der Waals surface area contributed by atoms with Crippen LogP contribution in [0.2, 0.25) is 0 Å². The van der Waals surface area contributed by atoms with Crippen molar-refractivity contribution in [3.05, 3.63) is 48.0 Å². The van der Waals surface area contributed by atoms with Gasteiger partial charge >= 0.3 is 0 Å². The normalized spacial score (nSPS) is 11.5. The van der Waals surface area contributed by atoms with Gasteiger partial charge < -0.3 is 15.4 Å². The van der Waals surface area contributed by atoms with Crippen molar-refractivity contribution >= 4 is 5.96 Å². The van der Waals surface area contributed by atoms with E-state index in [0.29, 0.717) is 0 Å². The fraction of sp³-hybridized carbons (Fsp3) is 0.412. The number of hydrogen-bond acceptors (Lipinski definition) is 3. The van der Waals surface area contributed by atoms with Gasteiger partial charge in [0.05, 0.1) is 11.4 Å². The van der Waals surface area contributed by atoms with E-state index in [9.17, 15) is 4.39 Å². The van der Waals surface area contributed by atoms with Gasteiger partial charge in [0.25, 0.3) is 0 Å². The number of guanidine groups is 1. The van der Waals surface area contributed by atoms with Crippen LogP contribution in [0.3, 0.4) is 0 Å². The Bertz CT molecular complexity index is 639. The minimum absolute atomic E-state index is 0.250. The molecule has 0 aliphatic heterocycles. The molecule has 130 valence electrons. The molecule has 0 radical (unpaired) electrons. The summed E-state index contributed by atoms with van der Waals surface area (Å²) in [6.07, 6.45) is 3.58. The molecule has 0 amide bonds. The molecule has 0 aliphatic rings. The molecule has 0 fully saturated rings. The van der Waals surface area contributed by atoms with E-state index in [-0.39, 0.29) is 5.82 Å². The van der Waals surface area contributed by atoms with Gasteiger partial charge in [-0.25, -0.2) is 9.07 Å². The summed E-state index contributed by atoms with van der Waals surface area (Å²) in [7, 11) is 3.44. The van der Waals surface area contributed by atoms with Crippen molar-refractivity contribution in [2.45, 2.75) is 12.8 Å². The van der Waals surface area contributed by atoms with Crippen molar-refractivity contribution in [3.63, 3.8) is 0 Å². The number of halogens is 1. The third kappa shape index (κ3) is 5.66. The number of hydrogen-bond donors (Lipinski definition) is 2. The summed E-state index contributed by atoms with van der Waals surface area (Å²) in [6.45, 7) is 2.27. The van der Waals surface area contributed by atoms with Gasteiger partial charge in [0.15, 0.2) is 5.96 Å². The number of nitrogens with one attached hydrogen (secondary N) is 2. The molecule has 1 heterocycles. The number of aromatic nitrogens is 2. The monoisotopic (exact) mass is 333 g/mol. The zero-order valence-corrected chi connectivity index (χ0v) is 14.1. The summed E-state index contributed by atoms with van der Waals surface area (Å²) in [5.41, 5.74) is 1.80. The smallest absolute Gasteiger partial charge is 0.190 e. The van der Waals surface area contributed by atoms with E-state index in [4.69, 9.17) is 4.74 Å². The first-order valence-electron chi connectivity index (χ1n) is 7.97. The average molecular weight is 333 g/mol. The van der Waals surface area contributed by atoms with Gasteiger partial charge in [-0.1, -0.05) is 0 Å². The van der Waals surface area contributed by atoms with Crippen molar-refractivity contribution in [3.8, 4) is 5.69 Å². The number of ether oxygens (including phenoxy) is 1. The highest BCUT2D eigenvalue weighted by Crippen LogP contribution is 2.09. The van der Waals surface area contributed by atoms with Crippen molar-refractivity contribution in [1.82, 2.24) is 20.4 Å². The summed E-state index contributed by atoms with van der Waals surface area (Å²) in [5, 5.41) is 11.0. The van der Waals surface area contributed by atoms with Crippen LogP contribution >= 0.6 is 0 Å².